The molecule has 0 aromatic carbocycles. The summed E-state index contributed by atoms with van der Waals surface area (Å²) in [6, 6.07) is 1.77. The van der Waals surface area contributed by atoms with Crippen molar-refractivity contribution in [2.45, 2.75) is 0 Å². The fraction of sp³-hybridized carbons (Fsp3) is 0.143. The maximum absolute atomic E-state index is 5.73. The Balaban J connectivity index is 2.22. The van der Waals surface area contributed by atoms with Crippen molar-refractivity contribution >= 4 is 29.2 Å². The van der Waals surface area contributed by atoms with E-state index in [0.29, 0.717) is 6.67 Å². The van der Waals surface area contributed by atoms with Crippen LogP contribution in [0.1, 0.15) is 0 Å². The maximum Gasteiger partial charge on any atom is 0.224 e. The summed E-state index contributed by atoms with van der Waals surface area (Å²) in [6.45, 7) is 0.564. The van der Waals surface area contributed by atoms with Gasteiger partial charge in [-0.2, -0.15) is 0 Å². The van der Waals surface area contributed by atoms with E-state index in [9.17, 15) is 0 Å². The molecule has 0 bridgehead atoms. The summed E-state index contributed by atoms with van der Waals surface area (Å²) >= 11 is 11.4. The normalized spacial score (nSPS) is 15.5. The maximum atomic E-state index is 5.73. The van der Waals surface area contributed by atoms with Crippen LogP contribution in [0.15, 0.2) is 24.7 Å². The largest absolute Gasteiger partial charge is 0.312 e. The molecule has 6 heteroatoms. The molecule has 1 aliphatic heterocycles. The van der Waals surface area contributed by atoms with Crippen LogP contribution in [0, 0.1) is 0 Å². The minimum Gasteiger partial charge on any atom is -0.312 e. The van der Waals surface area contributed by atoms with E-state index < -0.39 is 0 Å². The van der Waals surface area contributed by atoms with Gasteiger partial charge in [0.1, 0.15) is 12.5 Å². The van der Waals surface area contributed by atoms with E-state index in [2.05, 4.69) is 9.97 Å². The summed E-state index contributed by atoms with van der Waals surface area (Å²) in [5.74, 6) is 0.736. The van der Waals surface area contributed by atoms with Gasteiger partial charge in [0, 0.05) is 30.4 Å². The van der Waals surface area contributed by atoms with Crippen molar-refractivity contribution in [3.05, 3.63) is 29.9 Å². The van der Waals surface area contributed by atoms with Crippen molar-refractivity contribution in [1.82, 2.24) is 14.4 Å². The van der Waals surface area contributed by atoms with Crippen LogP contribution in [0.25, 0.3) is 0 Å². The third-order valence-electron chi connectivity index (χ3n) is 1.60. The van der Waals surface area contributed by atoms with Crippen LogP contribution in [0.4, 0.5) is 5.82 Å². The summed E-state index contributed by atoms with van der Waals surface area (Å²) in [5.41, 5.74) is 0. The number of nitrogens with zero attached hydrogens (tertiary/aromatic N) is 4. The number of anilines is 1. The van der Waals surface area contributed by atoms with E-state index in [1.165, 1.54) is 4.42 Å². The number of hydrogen-bond acceptors (Lipinski definition) is 4. The van der Waals surface area contributed by atoms with Crippen LogP contribution in [0.2, 0.25) is 5.28 Å². The molecule has 0 unspecified atom stereocenters. The van der Waals surface area contributed by atoms with Gasteiger partial charge in [-0.1, -0.05) is 0 Å². The first-order chi connectivity index (χ1) is 6.25. The molecule has 0 aliphatic carbocycles. The highest BCUT2D eigenvalue weighted by atomic mass is 35.5. The molecule has 0 spiro atoms. The standard InChI is InChI=1S/C7H6Cl2N4/c8-7-10-2-1-6(11-7)12-3-4-13(9)5-12/h1-4H,5H2. The smallest absolute Gasteiger partial charge is 0.224 e. The monoisotopic (exact) mass is 216 g/mol. The first-order valence-corrected chi connectivity index (χ1v) is 4.33. The Hall–Kier alpha value is -1.00. The topological polar surface area (TPSA) is 32.3 Å². The van der Waals surface area contributed by atoms with Gasteiger partial charge in [0.05, 0.1) is 0 Å². The molecule has 68 valence electrons. The zero-order chi connectivity index (χ0) is 9.26. The highest BCUT2D eigenvalue weighted by Gasteiger charge is 2.13. The highest BCUT2D eigenvalue weighted by Crippen LogP contribution is 2.18. The van der Waals surface area contributed by atoms with Gasteiger partial charge < -0.3 is 4.90 Å². The second-order valence-corrected chi connectivity index (χ2v) is 3.27. The van der Waals surface area contributed by atoms with Crippen LogP contribution in [-0.4, -0.2) is 21.1 Å². The van der Waals surface area contributed by atoms with E-state index in [4.69, 9.17) is 23.4 Å². The highest BCUT2D eigenvalue weighted by molar-refractivity contribution is 6.28. The van der Waals surface area contributed by atoms with Gasteiger partial charge in [-0.25, -0.2) is 9.97 Å². The van der Waals surface area contributed by atoms with Gasteiger partial charge in [0.15, 0.2) is 0 Å². The van der Waals surface area contributed by atoms with Crippen molar-refractivity contribution in [1.29, 1.82) is 0 Å². The minimum atomic E-state index is 0.235. The third kappa shape index (κ3) is 1.84. The quantitative estimate of drug-likeness (QED) is 0.530. The Morgan fingerprint density at radius 2 is 2.23 bits per heavy atom. The van der Waals surface area contributed by atoms with Crippen molar-refractivity contribution < 1.29 is 0 Å². The number of aromatic nitrogens is 2. The molecule has 2 heterocycles. The molecule has 2 rings (SSSR count). The Kier molecular flexibility index (Phi) is 2.24. The zero-order valence-electron chi connectivity index (χ0n) is 6.56. The van der Waals surface area contributed by atoms with E-state index >= 15 is 0 Å². The third-order valence-corrected chi connectivity index (χ3v) is 2.00. The number of halogens is 2. The summed E-state index contributed by atoms with van der Waals surface area (Å²) in [6.07, 6.45) is 5.18. The number of rotatable bonds is 1. The van der Waals surface area contributed by atoms with Crippen LogP contribution in [0.5, 0.6) is 0 Å². The fourth-order valence-corrected chi connectivity index (χ4v) is 1.34. The molecule has 0 saturated heterocycles. The average Bonchev–Trinajstić information content (AvgIpc) is 2.52. The molecule has 0 radical (unpaired) electrons. The first-order valence-electron chi connectivity index (χ1n) is 3.61. The summed E-state index contributed by atoms with van der Waals surface area (Å²) in [5, 5.41) is 0.235. The van der Waals surface area contributed by atoms with Crippen LogP contribution in [0.3, 0.4) is 0 Å². The molecule has 0 N–H and O–H groups in total. The molecule has 1 aromatic heterocycles. The summed E-state index contributed by atoms with van der Waals surface area (Å²) in [7, 11) is 0. The van der Waals surface area contributed by atoms with Crippen molar-refractivity contribution in [2.24, 2.45) is 0 Å². The average molecular weight is 217 g/mol. The van der Waals surface area contributed by atoms with Crippen molar-refractivity contribution in [3.8, 4) is 0 Å². The van der Waals surface area contributed by atoms with E-state index in [1.807, 2.05) is 11.1 Å². The van der Waals surface area contributed by atoms with Gasteiger partial charge >= 0.3 is 0 Å². The molecule has 4 nitrogen and oxygen atoms in total. The van der Waals surface area contributed by atoms with Crippen LogP contribution < -0.4 is 4.90 Å². The molecule has 13 heavy (non-hydrogen) atoms. The van der Waals surface area contributed by atoms with Gasteiger partial charge in [0.2, 0.25) is 5.28 Å². The molecule has 0 fully saturated rings. The predicted octanol–water partition coefficient (Wildman–Crippen LogP) is 1.83. The molecule has 1 aromatic rings. The van der Waals surface area contributed by atoms with Gasteiger partial charge in [-0.15, -0.1) is 0 Å². The summed E-state index contributed by atoms with van der Waals surface area (Å²) < 4.78 is 1.52. The first kappa shape index (κ1) is 8.59. The Morgan fingerprint density at radius 1 is 1.38 bits per heavy atom. The lowest BCUT2D eigenvalue weighted by Crippen LogP contribution is -2.19. The van der Waals surface area contributed by atoms with Crippen molar-refractivity contribution in [3.63, 3.8) is 0 Å². The van der Waals surface area contributed by atoms with E-state index in [0.717, 1.165) is 5.82 Å². The zero-order valence-corrected chi connectivity index (χ0v) is 8.07. The van der Waals surface area contributed by atoms with Gasteiger partial charge in [-0.3, -0.25) is 4.42 Å². The van der Waals surface area contributed by atoms with E-state index in [-0.39, 0.29) is 5.28 Å². The van der Waals surface area contributed by atoms with Crippen LogP contribution in [-0.2, 0) is 0 Å². The lowest BCUT2D eigenvalue weighted by atomic mass is 10.5. The molecule has 1 aliphatic rings. The Bertz CT molecular complexity index is 341. The molecular formula is C7H6Cl2N4. The van der Waals surface area contributed by atoms with Gasteiger partial charge in [-0.05, 0) is 17.7 Å². The molecule has 0 saturated carbocycles. The molecular weight excluding hydrogens is 211 g/mol. The predicted molar refractivity (Wildman–Crippen MR) is 51.2 cm³/mol. The Labute approximate surface area is 85.5 Å². The number of hydrogen-bond donors (Lipinski definition) is 0. The van der Waals surface area contributed by atoms with Crippen LogP contribution >= 0.6 is 23.4 Å². The fourth-order valence-electron chi connectivity index (χ4n) is 1.03. The second kappa shape index (κ2) is 3.40. The minimum absolute atomic E-state index is 0.235. The van der Waals surface area contributed by atoms with Crippen molar-refractivity contribution in [2.75, 3.05) is 11.6 Å². The lowest BCUT2D eigenvalue weighted by Gasteiger charge is -2.14. The molecule has 0 amide bonds. The Morgan fingerprint density at radius 3 is 2.85 bits per heavy atom. The lowest BCUT2D eigenvalue weighted by molar-refractivity contribution is 0.646. The SMILES string of the molecule is Clc1nccc(N2C=CN(Cl)C2)n1. The van der Waals surface area contributed by atoms with E-state index in [1.54, 1.807) is 18.5 Å². The summed E-state index contributed by atoms with van der Waals surface area (Å²) in [4.78, 5) is 9.68. The molecule has 0 atom stereocenters. The van der Waals surface area contributed by atoms with Gasteiger partial charge in [0.25, 0.3) is 0 Å². The second-order valence-electron chi connectivity index (χ2n) is 2.49.